The number of oxime groups is 1. The molecule has 6 nitrogen and oxygen atoms in total. The van der Waals surface area contributed by atoms with E-state index in [-0.39, 0.29) is 17.7 Å². The Morgan fingerprint density at radius 1 is 1.20 bits per heavy atom. The van der Waals surface area contributed by atoms with E-state index in [1.807, 2.05) is 18.2 Å². The van der Waals surface area contributed by atoms with Gasteiger partial charge in [-0.2, -0.15) is 0 Å². The van der Waals surface area contributed by atoms with Crippen LogP contribution in [0.3, 0.4) is 0 Å². The Kier molecular flexibility index (Phi) is 4.64. The number of hydrogen-bond acceptors (Lipinski definition) is 6. The SMILES string of the molecule is COc1ccc(C2=NOC(C)(C(=O)C34CCC(CC3=O)C4)C2)cc1OC1CCCC1. The van der Waals surface area contributed by atoms with Crippen molar-refractivity contribution in [2.45, 2.75) is 76.4 Å². The van der Waals surface area contributed by atoms with Gasteiger partial charge in [-0.05, 0) is 76.0 Å². The zero-order chi connectivity index (χ0) is 20.9. The summed E-state index contributed by atoms with van der Waals surface area (Å²) in [6.45, 7) is 1.78. The van der Waals surface area contributed by atoms with Gasteiger partial charge >= 0.3 is 0 Å². The Labute approximate surface area is 176 Å². The van der Waals surface area contributed by atoms with Crippen LogP contribution in [0, 0.1) is 11.3 Å². The van der Waals surface area contributed by atoms with Gasteiger partial charge in [0.05, 0.1) is 24.3 Å². The van der Waals surface area contributed by atoms with E-state index in [4.69, 9.17) is 14.3 Å². The highest BCUT2D eigenvalue weighted by Gasteiger charge is 2.62. The number of methoxy groups -OCH3 is 1. The fraction of sp³-hybridized carbons (Fsp3) is 0.625. The highest BCUT2D eigenvalue weighted by atomic mass is 16.7. The number of rotatable bonds is 6. The van der Waals surface area contributed by atoms with Crippen LogP contribution in [-0.2, 0) is 14.4 Å². The molecule has 0 radical (unpaired) electrons. The van der Waals surface area contributed by atoms with Gasteiger partial charge in [0.1, 0.15) is 5.78 Å². The Balaban J connectivity index is 1.36. The molecule has 30 heavy (non-hydrogen) atoms. The molecule has 0 aromatic heterocycles. The number of fused-ring (bicyclic) bond motifs is 2. The molecule has 3 aliphatic carbocycles. The average molecular weight is 411 g/mol. The van der Waals surface area contributed by atoms with Crippen molar-refractivity contribution in [1.82, 2.24) is 0 Å². The van der Waals surface area contributed by atoms with E-state index in [1.165, 1.54) is 12.8 Å². The summed E-state index contributed by atoms with van der Waals surface area (Å²) < 4.78 is 11.7. The number of carbonyl (C=O) groups is 2. The third-order valence-electron chi connectivity index (χ3n) is 7.49. The summed E-state index contributed by atoms with van der Waals surface area (Å²) in [7, 11) is 1.63. The van der Waals surface area contributed by atoms with Crippen molar-refractivity contribution in [3.63, 3.8) is 0 Å². The Hall–Kier alpha value is -2.37. The lowest BCUT2D eigenvalue weighted by Gasteiger charge is -2.31. The predicted molar refractivity (Wildman–Crippen MR) is 111 cm³/mol. The molecule has 4 aliphatic rings. The molecule has 2 bridgehead atoms. The second-order valence-corrected chi connectivity index (χ2v) is 9.57. The second-order valence-electron chi connectivity index (χ2n) is 9.57. The quantitative estimate of drug-likeness (QED) is 0.655. The molecule has 1 aliphatic heterocycles. The van der Waals surface area contributed by atoms with E-state index in [1.54, 1.807) is 14.0 Å². The maximum atomic E-state index is 13.5. The van der Waals surface area contributed by atoms with Crippen molar-refractivity contribution in [2.75, 3.05) is 7.11 Å². The summed E-state index contributed by atoms with van der Waals surface area (Å²) in [4.78, 5) is 31.8. The maximum Gasteiger partial charge on any atom is 0.199 e. The molecule has 3 saturated carbocycles. The highest BCUT2D eigenvalue weighted by Crippen LogP contribution is 2.54. The largest absolute Gasteiger partial charge is 0.493 e. The van der Waals surface area contributed by atoms with Gasteiger partial charge in [-0.3, -0.25) is 9.59 Å². The number of Topliss-reactive ketones (excluding diaryl/α,β-unsaturated/α-hetero) is 2. The monoisotopic (exact) mass is 411 g/mol. The molecule has 3 fully saturated rings. The molecule has 1 heterocycles. The van der Waals surface area contributed by atoms with Crippen molar-refractivity contribution in [1.29, 1.82) is 0 Å². The minimum Gasteiger partial charge on any atom is -0.493 e. The number of benzene rings is 1. The van der Waals surface area contributed by atoms with Crippen LogP contribution < -0.4 is 9.47 Å². The van der Waals surface area contributed by atoms with Gasteiger partial charge in [-0.15, -0.1) is 0 Å². The van der Waals surface area contributed by atoms with Gasteiger partial charge in [-0.25, -0.2) is 0 Å². The number of ketones is 2. The van der Waals surface area contributed by atoms with E-state index in [0.29, 0.717) is 48.8 Å². The molecular formula is C24H29NO5. The first-order chi connectivity index (χ1) is 14.4. The van der Waals surface area contributed by atoms with E-state index >= 15 is 0 Å². The molecule has 0 amide bonds. The summed E-state index contributed by atoms with van der Waals surface area (Å²) in [6.07, 6.45) is 7.90. The fourth-order valence-electron chi connectivity index (χ4n) is 5.82. The lowest BCUT2D eigenvalue weighted by atomic mass is 9.72. The first-order valence-electron chi connectivity index (χ1n) is 11.1. The van der Waals surface area contributed by atoms with Crippen molar-refractivity contribution >= 4 is 17.3 Å². The molecule has 5 rings (SSSR count). The molecule has 3 atom stereocenters. The van der Waals surface area contributed by atoms with Gasteiger partial charge < -0.3 is 14.3 Å². The van der Waals surface area contributed by atoms with Crippen LogP contribution in [0.5, 0.6) is 11.5 Å². The Bertz CT molecular complexity index is 918. The van der Waals surface area contributed by atoms with E-state index in [9.17, 15) is 9.59 Å². The smallest absolute Gasteiger partial charge is 0.199 e. The second kappa shape index (κ2) is 7.10. The third kappa shape index (κ3) is 3.03. The maximum absolute atomic E-state index is 13.5. The summed E-state index contributed by atoms with van der Waals surface area (Å²) >= 11 is 0. The number of nitrogens with zero attached hydrogens (tertiary/aromatic N) is 1. The van der Waals surface area contributed by atoms with Crippen molar-refractivity contribution in [3.8, 4) is 11.5 Å². The molecule has 0 N–H and O–H groups in total. The summed E-state index contributed by atoms with van der Waals surface area (Å²) in [6, 6.07) is 5.73. The van der Waals surface area contributed by atoms with Crippen molar-refractivity contribution in [2.24, 2.45) is 16.5 Å². The van der Waals surface area contributed by atoms with Crippen LogP contribution in [0.15, 0.2) is 23.4 Å². The first-order valence-corrected chi connectivity index (χ1v) is 11.1. The van der Waals surface area contributed by atoms with E-state index in [0.717, 1.165) is 24.8 Å². The van der Waals surface area contributed by atoms with E-state index < -0.39 is 11.0 Å². The predicted octanol–water partition coefficient (Wildman–Crippen LogP) is 4.23. The van der Waals surface area contributed by atoms with Crippen molar-refractivity contribution < 1.29 is 23.9 Å². The standard InChI is InChI=1S/C24H29NO5/c1-23(22(27)24-10-9-15(13-24)11-21(24)26)14-18(25-30-23)16-7-8-19(28-2)20(12-16)29-17-5-3-4-6-17/h7-8,12,15,17H,3-6,9-11,13-14H2,1-2H3. The first kappa shape index (κ1) is 19.6. The lowest BCUT2D eigenvalue weighted by Crippen LogP contribution is -2.48. The molecule has 0 spiro atoms. The highest BCUT2D eigenvalue weighted by molar-refractivity contribution is 6.15. The summed E-state index contributed by atoms with van der Waals surface area (Å²) in [5.74, 6) is 1.77. The van der Waals surface area contributed by atoms with Crippen LogP contribution >= 0.6 is 0 Å². The minimum atomic E-state index is -1.09. The van der Waals surface area contributed by atoms with Gasteiger partial charge in [0.2, 0.25) is 0 Å². The van der Waals surface area contributed by atoms with Crippen LogP contribution in [0.1, 0.15) is 70.3 Å². The molecule has 3 unspecified atom stereocenters. The number of hydrogen-bond donors (Lipinski definition) is 0. The Morgan fingerprint density at radius 2 is 2.00 bits per heavy atom. The molecule has 1 aromatic rings. The molecule has 160 valence electrons. The summed E-state index contributed by atoms with van der Waals surface area (Å²) in [5, 5.41) is 4.27. The third-order valence-corrected chi connectivity index (χ3v) is 7.49. The van der Waals surface area contributed by atoms with Gasteiger partial charge in [0.15, 0.2) is 22.9 Å². The van der Waals surface area contributed by atoms with Crippen LogP contribution in [0.25, 0.3) is 0 Å². The Morgan fingerprint density at radius 3 is 2.67 bits per heavy atom. The van der Waals surface area contributed by atoms with Gasteiger partial charge in [-0.1, -0.05) is 5.16 Å². The zero-order valence-corrected chi connectivity index (χ0v) is 17.7. The van der Waals surface area contributed by atoms with Crippen LogP contribution in [0.2, 0.25) is 0 Å². The average Bonchev–Trinajstić information content (AvgIpc) is 3.52. The number of ether oxygens (including phenoxy) is 2. The number of carbonyl (C=O) groups excluding carboxylic acids is 2. The lowest BCUT2D eigenvalue weighted by molar-refractivity contribution is -0.154. The van der Waals surface area contributed by atoms with E-state index in [2.05, 4.69) is 5.16 Å². The molecular weight excluding hydrogens is 382 g/mol. The van der Waals surface area contributed by atoms with Crippen molar-refractivity contribution in [3.05, 3.63) is 23.8 Å². The van der Waals surface area contributed by atoms with Crippen LogP contribution in [-0.4, -0.2) is 36.1 Å². The molecule has 6 heteroatoms. The van der Waals surface area contributed by atoms with Gasteiger partial charge in [0, 0.05) is 18.4 Å². The molecule has 0 saturated heterocycles. The summed E-state index contributed by atoms with van der Waals surface area (Å²) in [5.41, 5.74) is -0.362. The topological polar surface area (TPSA) is 74.2 Å². The minimum absolute atomic E-state index is 0.0882. The fourth-order valence-corrected chi connectivity index (χ4v) is 5.82. The van der Waals surface area contributed by atoms with Crippen LogP contribution in [0.4, 0.5) is 0 Å². The normalized spacial score (nSPS) is 32.9. The van der Waals surface area contributed by atoms with Gasteiger partial charge in [0.25, 0.3) is 0 Å². The zero-order valence-electron chi connectivity index (χ0n) is 17.7. The molecule has 1 aromatic carbocycles.